The Balaban J connectivity index is 2.25. The van der Waals surface area contributed by atoms with Crippen LogP contribution in [0.3, 0.4) is 0 Å². The lowest BCUT2D eigenvalue weighted by Gasteiger charge is -2.34. The van der Waals surface area contributed by atoms with Crippen molar-refractivity contribution in [3.8, 4) is 0 Å². The molecule has 0 radical (unpaired) electrons. The fourth-order valence-electron chi connectivity index (χ4n) is 5.43. The Bertz CT molecular complexity index is 1200. The standard InChI is InChI=1S/C23H25BBrClF2N2/c1-7-17-12(3)22-21(19-10-9-16(26)11-20(19)25)23-13(4)18(8-2)15(6)30(23)24(27,28)29(22)14(17)5/h9-11H,7-8H2,1-6H3. The number of halogens is 4. The number of rotatable bonds is 3. The molecule has 0 unspecified atom stereocenters. The van der Waals surface area contributed by atoms with Crippen LogP contribution in [0, 0.1) is 13.8 Å². The Hall–Kier alpha value is -1.66. The number of fused-ring (bicyclic) bond motifs is 2. The van der Waals surface area contributed by atoms with Gasteiger partial charge in [0.1, 0.15) is 5.71 Å². The SMILES string of the molecule is CCC1=C(C)C2=C(c3ccc(Cl)cc3Br)c3c(C)c(CC)c(C)n3[B-](F)(F)[N+]2=C1C. The van der Waals surface area contributed by atoms with Crippen molar-refractivity contribution >= 4 is 45.8 Å². The number of hydrogen-bond acceptors (Lipinski definition) is 0. The zero-order valence-electron chi connectivity index (χ0n) is 18.1. The van der Waals surface area contributed by atoms with Gasteiger partial charge in [0.2, 0.25) is 0 Å². The van der Waals surface area contributed by atoms with Crippen LogP contribution in [-0.4, -0.2) is 21.6 Å². The molecule has 7 heteroatoms. The Morgan fingerprint density at radius 2 is 1.77 bits per heavy atom. The molecule has 158 valence electrons. The van der Waals surface area contributed by atoms with E-state index in [1.807, 2.05) is 59.7 Å². The molecule has 0 amide bonds. The average Bonchev–Trinajstić information content (AvgIpc) is 3.08. The highest BCUT2D eigenvalue weighted by Gasteiger charge is 2.56. The predicted molar refractivity (Wildman–Crippen MR) is 126 cm³/mol. The second-order valence-electron chi connectivity index (χ2n) is 8.11. The maximum atomic E-state index is 16.2. The third-order valence-corrected chi connectivity index (χ3v) is 7.59. The third-order valence-electron chi connectivity index (χ3n) is 6.70. The van der Waals surface area contributed by atoms with E-state index < -0.39 is 6.97 Å². The number of aromatic nitrogens is 1. The summed E-state index contributed by atoms with van der Waals surface area (Å²) in [4.78, 5) is 0. The highest BCUT2D eigenvalue weighted by atomic mass is 79.9. The van der Waals surface area contributed by atoms with E-state index in [1.165, 1.54) is 8.96 Å². The first-order chi connectivity index (χ1) is 14.1. The lowest BCUT2D eigenvalue weighted by molar-refractivity contribution is -0.363. The van der Waals surface area contributed by atoms with Gasteiger partial charge in [0, 0.05) is 38.8 Å². The van der Waals surface area contributed by atoms with Crippen molar-refractivity contribution in [2.75, 3.05) is 0 Å². The summed E-state index contributed by atoms with van der Waals surface area (Å²) in [5.74, 6) is 0. The molecule has 0 atom stereocenters. The summed E-state index contributed by atoms with van der Waals surface area (Å²) in [6.45, 7) is 7.61. The molecule has 0 N–H and O–H groups in total. The topological polar surface area (TPSA) is 7.94 Å². The van der Waals surface area contributed by atoms with Gasteiger partial charge >= 0.3 is 6.97 Å². The minimum atomic E-state index is -4.00. The first-order valence-electron chi connectivity index (χ1n) is 10.3. The van der Waals surface area contributed by atoms with Gasteiger partial charge in [-0.1, -0.05) is 47.4 Å². The van der Waals surface area contributed by atoms with Gasteiger partial charge in [-0.15, -0.1) is 0 Å². The molecule has 0 aliphatic carbocycles. The quantitative estimate of drug-likeness (QED) is 0.397. The van der Waals surface area contributed by atoms with Crippen LogP contribution < -0.4 is 0 Å². The minimum absolute atomic E-state index is 0.603. The monoisotopic (exact) mass is 492 g/mol. The summed E-state index contributed by atoms with van der Waals surface area (Å²) in [5, 5.41) is 0.603. The first kappa shape index (κ1) is 21.6. The Morgan fingerprint density at radius 1 is 1.10 bits per heavy atom. The Labute approximate surface area is 190 Å². The van der Waals surface area contributed by atoms with Gasteiger partial charge in [-0.25, -0.2) is 0 Å². The van der Waals surface area contributed by atoms with Crippen molar-refractivity contribution < 1.29 is 13.1 Å². The fourth-order valence-corrected chi connectivity index (χ4v) is 6.31. The maximum Gasteiger partial charge on any atom is 0.737 e. The lowest BCUT2D eigenvalue weighted by atomic mass is 9.83. The lowest BCUT2D eigenvalue weighted by Crippen LogP contribution is -2.51. The molecule has 1 aromatic carbocycles. The number of hydrogen-bond donors (Lipinski definition) is 0. The van der Waals surface area contributed by atoms with E-state index in [-0.39, 0.29) is 0 Å². The molecule has 0 bridgehead atoms. The van der Waals surface area contributed by atoms with Gasteiger partial charge in [0.25, 0.3) is 0 Å². The van der Waals surface area contributed by atoms with Crippen molar-refractivity contribution in [3.05, 3.63) is 72.6 Å². The van der Waals surface area contributed by atoms with Crippen molar-refractivity contribution in [2.45, 2.75) is 54.4 Å². The molecular formula is C23H25BBrClF2N2. The van der Waals surface area contributed by atoms with Crippen LogP contribution in [0.25, 0.3) is 5.57 Å². The minimum Gasteiger partial charge on any atom is -0.393 e. The van der Waals surface area contributed by atoms with Crippen molar-refractivity contribution in [3.63, 3.8) is 0 Å². The second-order valence-corrected chi connectivity index (χ2v) is 9.40. The summed E-state index contributed by atoms with van der Waals surface area (Å²) < 4.78 is 35.7. The van der Waals surface area contributed by atoms with E-state index in [2.05, 4.69) is 15.9 Å². The summed E-state index contributed by atoms with van der Waals surface area (Å²) >= 11 is 9.84. The molecule has 3 heterocycles. The molecule has 0 fully saturated rings. The first-order valence-corrected chi connectivity index (χ1v) is 11.5. The Kier molecular flexibility index (Phi) is 5.18. The number of allylic oxidation sites excluding steroid dienone is 2. The van der Waals surface area contributed by atoms with Crippen molar-refractivity contribution in [1.29, 1.82) is 0 Å². The summed E-state index contributed by atoms with van der Waals surface area (Å²) in [7, 11) is 0. The van der Waals surface area contributed by atoms with Crippen LogP contribution >= 0.6 is 27.5 Å². The van der Waals surface area contributed by atoms with Gasteiger partial charge in [-0.05, 0) is 62.6 Å². The van der Waals surface area contributed by atoms with E-state index in [4.69, 9.17) is 11.6 Å². The third kappa shape index (κ3) is 2.69. The molecule has 4 rings (SSSR count). The van der Waals surface area contributed by atoms with Crippen LogP contribution in [0.1, 0.15) is 62.2 Å². The number of benzene rings is 1. The highest BCUT2D eigenvalue weighted by molar-refractivity contribution is 9.10. The van der Waals surface area contributed by atoms with Crippen LogP contribution in [-0.2, 0) is 6.42 Å². The van der Waals surface area contributed by atoms with Crippen molar-refractivity contribution in [2.24, 2.45) is 0 Å². The highest BCUT2D eigenvalue weighted by Crippen LogP contribution is 2.48. The maximum absolute atomic E-state index is 16.2. The van der Waals surface area contributed by atoms with Gasteiger partial charge in [0.05, 0.1) is 5.57 Å². The molecule has 0 spiro atoms. The van der Waals surface area contributed by atoms with E-state index in [0.29, 0.717) is 40.7 Å². The molecule has 2 aliphatic heterocycles. The molecule has 0 saturated carbocycles. The van der Waals surface area contributed by atoms with Crippen LogP contribution in [0.4, 0.5) is 8.63 Å². The van der Waals surface area contributed by atoms with E-state index in [0.717, 1.165) is 37.9 Å². The Morgan fingerprint density at radius 3 is 2.33 bits per heavy atom. The molecule has 2 nitrogen and oxygen atoms in total. The molecule has 2 aromatic rings. The number of nitrogens with zero attached hydrogens (tertiary/aromatic N) is 2. The summed E-state index contributed by atoms with van der Waals surface area (Å²) in [6.07, 6.45) is 1.43. The summed E-state index contributed by atoms with van der Waals surface area (Å²) in [6, 6.07) is 5.57. The summed E-state index contributed by atoms with van der Waals surface area (Å²) in [5.41, 5.74) is 8.08. The van der Waals surface area contributed by atoms with Crippen LogP contribution in [0.2, 0.25) is 5.02 Å². The smallest absolute Gasteiger partial charge is 0.393 e. The molecule has 1 aromatic heterocycles. The van der Waals surface area contributed by atoms with E-state index in [1.54, 1.807) is 0 Å². The fraction of sp³-hybridized carbons (Fsp3) is 0.348. The average molecular weight is 494 g/mol. The van der Waals surface area contributed by atoms with Gasteiger partial charge in [0.15, 0.2) is 5.70 Å². The van der Waals surface area contributed by atoms with Gasteiger partial charge in [-0.2, -0.15) is 0 Å². The predicted octanol–water partition coefficient (Wildman–Crippen LogP) is 7.29. The van der Waals surface area contributed by atoms with E-state index in [9.17, 15) is 0 Å². The molecule has 0 saturated heterocycles. The van der Waals surface area contributed by atoms with Crippen LogP contribution in [0.15, 0.2) is 39.5 Å². The normalized spacial score (nSPS) is 17.8. The van der Waals surface area contributed by atoms with Gasteiger partial charge in [-0.3, -0.25) is 0 Å². The molecule has 2 aliphatic rings. The molecule has 30 heavy (non-hydrogen) atoms. The largest absolute Gasteiger partial charge is 0.737 e. The molecular weight excluding hydrogens is 468 g/mol. The van der Waals surface area contributed by atoms with Crippen LogP contribution in [0.5, 0.6) is 0 Å². The second kappa shape index (κ2) is 7.20. The van der Waals surface area contributed by atoms with Gasteiger partial charge < -0.3 is 17.6 Å². The van der Waals surface area contributed by atoms with E-state index >= 15 is 8.63 Å². The zero-order valence-corrected chi connectivity index (χ0v) is 20.5. The van der Waals surface area contributed by atoms with Crippen molar-refractivity contribution in [1.82, 2.24) is 4.48 Å². The zero-order chi connectivity index (χ0) is 22.1.